The molecule has 2 aromatic heterocycles. The molecule has 1 aliphatic heterocycles. The molecule has 0 N–H and O–H groups in total. The van der Waals surface area contributed by atoms with Gasteiger partial charge in [-0.2, -0.15) is 0 Å². The van der Waals surface area contributed by atoms with Crippen molar-refractivity contribution in [1.82, 2.24) is 19.9 Å². The number of amides is 1. The molecule has 1 aromatic carbocycles. The molecule has 4 rings (SSSR count). The molecular weight excluding hydrogens is 485 g/mol. The summed E-state index contributed by atoms with van der Waals surface area (Å²) in [7, 11) is 0. The summed E-state index contributed by atoms with van der Waals surface area (Å²) < 4.78 is 13.3. The van der Waals surface area contributed by atoms with Crippen LogP contribution in [0.4, 0.5) is 10.2 Å². The van der Waals surface area contributed by atoms with Gasteiger partial charge in [0.2, 0.25) is 0 Å². The van der Waals surface area contributed by atoms with E-state index in [-0.39, 0.29) is 0 Å². The van der Waals surface area contributed by atoms with E-state index < -0.39 is 11.7 Å². The second-order valence-corrected chi connectivity index (χ2v) is 9.10. The lowest BCUT2D eigenvalue weighted by Gasteiger charge is -2.35. The summed E-state index contributed by atoms with van der Waals surface area (Å²) >= 11 is 8.02. The Balaban J connectivity index is 1.77. The Kier molecular flexibility index (Phi) is 7.52. The molecule has 0 aliphatic carbocycles. The summed E-state index contributed by atoms with van der Waals surface area (Å²) in [6, 6.07) is 7.93. The first-order chi connectivity index (χ1) is 16.9. The van der Waals surface area contributed by atoms with Gasteiger partial charge < -0.3 is 9.80 Å². The fourth-order valence-electron chi connectivity index (χ4n) is 4.13. The number of thioether (sulfide) groups is 1. The molecule has 1 aliphatic rings. The lowest BCUT2D eigenvalue weighted by Crippen LogP contribution is -2.49. The van der Waals surface area contributed by atoms with Crippen LogP contribution in [0.5, 0.6) is 0 Å². The minimum atomic E-state index is -0.942. The highest BCUT2D eigenvalue weighted by molar-refractivity contribution is 7.98. The maximum Gasteiger partial charge on any atom is 0.282 e. The molecule has 1 amide bonds. The first-order valence-corrected chi connectivity index (χ1v) is 12.7. The third-order valence-electron chi connectivity index (χ3n) is 5.90. The van der Waals surface area contributed by atoms with Gasteiger partial charge in [-0.25, -0.2) is 14.4 Å². The van der Waals surface area contributed by atoms with Crippen LogP contribution < -0.4 is 4.90 Å². The van der Waals surface area contributed by atoms with Crippen molar-refractivity contribution in [2.75, 3.05) is 37.3 Å². The Morgan fingerprint density at radius 2 is 1.97 bits per heavy atom. The number of halogens is 2. The summed E-state index contributed by atoms with van der Waals surface area (Å²) in [4.78, 5) is 29.6. The largest absolute Gasteiger partial charge is 0.351 e. The van der Waals surface area contributed by atoms with Crippen molar-refractivity contribution in [3.63, 3.8) is 0 Å². The van der Waals surface area contributed by atoms with E-state index >= 15 is 0 Å². The zero-order valence-electron chi connectivity index (χ0n) is 19.6. The van der Waals surface area contributed by atoms with Crippen molar-refractivity contribution < 1.29 is 9.18 Å². The average Bonchev–Trinajstić information content (AvgIpc) is 2.90. The third kappa shape index (κ3) is 4.94. The Bertz CT molecular complexity index is 1350. The van der Waals surface area contributed by atoms with E-state index in [9.17, 15) is 9.18 Å². The van der Waals surface area contributed by atoms with Gasteiger partial charge in [-0.05, 0) is 30.4 Å². The van der Waals surface area contributed by atoms with E-state index in [0.717, 1.165) is 22.3 Å². The van der Waals surface area contributed by atoms with E-state index in [1.165, 1.54) is 16.7 Å². The van der Waals surface area contributed by atoms with Gasteiger partial charge in [0, 0.05) is 48.5 Å². The second-order valence-electron chi connectivity index (χ2n) is 7.92. The van der Waals surface area contributed by atoms with Crippen molar-refractivity contribution >= 4 is 57.2 Å². The number of carbonyl (C=O) groups excluding carboxylic acids is 1. The molecule has 3 aromatic rings. The Morgan fingerprint density at radius 1 is 1.23 bits per heavy atom. The number of piperazine rings is 1. The number of hydrogen-bond donors (Lipinski definition) is 0. The number of aromatic nitrogens is 3. The summed E-state index contributed by atoms with van der Waals surface area (Å²) in [5, 5.41) is 1.25. The molecule has 3 heterocycles. The molecule has 0 atom stereocenters. The fourth-order valence-corrected chi connectivity index (χ4v) is 4.70. The lowest BCUT2D eigenvalue weighted by atomic mass is 9.95. The van der Waals surface area contributed by atoms with E-state index in [1.54, 1.807) is 12.3 Å². The number of hydrogen-bond acceptors (Lipinski definition) is 6. The number of pyridine rings is 1. The van der Waals surface area contributed by atoms with Gasteiger partial charge in [-0.15, -0.1) is 0 Å². The minimum Gasteiger partial charge on any atom is -0.351 e. The maximum absolute atomic E-state index is 13.3. The van der Waals surface area contributed by atoms with Crippen molar-refractivity contribution in [3.8, 4) is 11.1 Å². The normalized spacial score (nSPS) is 14.3. The van der Waals surface area contributed by atoms with Gasteiger partial charge in [0.1, 0.15) is 5.52 Å². The molecule has 0 bridgehead atoms. The van der Waals surface area contributed by atoms with Gasteiger partial charge >= 0.3 is 0 Å². The summed E-state index contributed by atoms with van der Waals surface area (Å²) in [6.45, 7) is 10.7. The molecule has 6 nitrogen and oxygen atoms in total. The van der Waals surface area contributed by atoms with Crippen LogP contribution in [0.3, 0.4) is 0 Å². The average molecular weight is 510 g/mol. The monoisotopic (exact) mass is 509 g/mol. The zero-order chi connectivity index (χ0) is 25.1. The van der Waals surface area contributed by atoms with Gasteiger partial charge in [-0.3, -0.25) is 9.78 Å². The number of anilines is 1. The van der Waals surface area contributed by atoms with Gasteiger partial charge in [0.05, 0.1) is 5.52 Å². The van der Waals surface area contributed by atoms with Crippen LogP contribution in [-0.2, 0) is 4.79 Å². The van der Waals surface area contributed by atoms with Crippen LogP contribution in [0, 0.1) is 0 Å². The van der Waals surface area contributed by atoms with E-state index in [1.807, 2.05) is 43.5 Å². The SMILES string of the molecule is C=Cc1cccc(-c2cnc3c(N4CCN(C(=O)C(=C)F)CC4)nc(SC)nc3c2)c1/C(Cl)=C\C. The highest BCUT2D eigenvalue weighted by Crippen LogP contribution is 2.36. The van der Waals surface area contributed by atoms with Crippen molar-refractivity contribution in [2.45, 2.75) is 12.1 Å². The number of nitrogens with zero attached hydrogens (tertiary/aromatic N) is 5. The molecule has 0 spiro atoms. The van der Waals surface area contributed by atoms with Gasteiger partial charge in [-0.1, -0.05) is 66.9 Å². The molecule has 1 fully saturated rings. The van der Waals surface area contributed by atoms with Crippen LogP contribution >= 0.6 is 23.4 Å². The van der Waals surface area contributed by atoms with Gasteiger partial charge in [0.25, 0.3) is 5.91 Å². The molecule has 180 valence electrons. The van der Waals surface area contributed by atoms with Crippen LogP contribution in [0.1, 0.15) is 18.1 Å². The van der Waals surface area contributed by atoms with Crippen molar-refractivity contribution in [2.24, 2.45) is 0 Å². The predicted molar refractivity (Wildman–Crippen MR) is 143 cm³/mol. The number of benzene rings is 1. The van der Waals surface area contributed by atoms with Crippen LogP contribution in [0.2, 0.25) is 0 Å². The standard InChI is InChI=1S/C26H25ClFN5OS/c1-5-17-8-7-9-19(22(17)20(27)6-2)18-14-21-23(29-15-18)24(31-26(30-21)35-4)32-10-12-33(13-11-32)25(34)16(3)28/h5-9,14-15H,1,3,10-13H2,2,4H3/b20-6+. The number of carbonyl (C=O) groups is 1. The van der Waals surface area contributed by atoms with Crippen molar-refractivity contribution in [3.05, 3.63) is 66.6 Å². The summed E-state index contributed by atoms with van der Waals surface area (Å²) in [5.41, 5.74) is 5.01. The zero-order valence-corrected chi connectivity index (χ0v) is 21.2. The molecular formula is C26H25ClFN5OS. The number of allylic oxidation sites excluding steroid dienone is 1. The van der Waals surface area contributed by atoms with E-state index in [0.29, 0.717) is 53.2 Å². The van der Waals surface area contributed by atoms with E-state index in [2.05, 4.69) is 18.1 Å². The molecule has 0 unspecified atom stereocenters. The quantitative estimate of drug-likeness (QED) is 0.238. The first kappa shape index (κ1) is 24.9. The Hall–Kier alpha value is -3.23. The minimum absolute atomic E-state index is 0.375. The van der Waals surface area contributed by atoms with Crippen LogP contribution in [-0.4, -0.2) is 58.2 Å². The second kappa shape index (κ2) is 10.6. The molecule has 0 saturated carbocycles. The summed E-state index contributed by atoms with van der Waals surface area (Å²) in [6.07, 6.45) is 7.36. The molecule has 0 radical (unpaired) electrons. The first-order valence-electron chi connectivity index (χ1n) is 11.1. The smallest absolute Gasteiger partial charge is 0.282 e. The Labute approximate surface area is 213 Å². The topological polar surface area (TPSA) is 62.2 Å². The molecule has 9 heteroatoms. The van der Waals surface area contributed by atoms with Crippen LogP contribution in [0.15, 0.2) is 60.7 Å². The predicted octanol–water partition coefficient (Wildman–Crippen LogP) is 5.79. The highest BCUT2D eigenvalue weighted by atomic mass is 35.5. The maximum atomic E-state index is 13.3. The summed E-state index contributed by atoms with van der Waals surface area (Å²) in [5.74, 6) is -0.909. The third-order valence-corrected chi connectivity index (χ3v) is 6.85. The Morgan fingerprint density at radius 3 is 2.60 bits per heavy atom. The fraction of sp³-hybridized carbons (Fsp3) is 0.231. The van der Waals surface area contributed by atoms with Crippen LogP contribution in [0.25, 0.3) is 33.3 Å². The van der Waals surface area contributed by atoms with Crippen molar-refractivity contribution in [1.29, 1.82) is 0 Å². The number of fused-ring (bicyclic) bond motifs is 1. The molecule has 1 saturated heterocycles. The lowest BCUT2D eigenvalue weighted by molar-refractivity contribution is -0.128. The highest BCUT2D eigenvalue weighted by Gasteiger charge is 2.26. The molecule has 35 heavy (non-hydrogen) atoms. The van der Waals surface area contributed by atoms with E-state index in [4.69, 9.17) is 26.6 Å². The number of rotatable bonds is 6. The van der Waals surface area contributed by atoms with Gasteiger partial charge in [0.15, 0.2) is 16.8 Å².